The standard InChI is InChI=1S/C24H25NO/c1-4-8-20-13-17-22(18-14-20)25(21-15-11-19(3)12-16-21)23-9-6-7-10-24(23)26-5-2/h4,6-18H,5H2,1-3H3/b8-4+. The summed E-state index contributed by atoms with van der Waals surface area (Å²) in [6, 6.07) is 25.3. The quantitative estimate of drug-likeness (QED) is 0.483. The van der Waals surface area contributed by atoms with Gasteiger partial charge in [-0.1, -0.05) is 54.1 Å². The number of ether oxygens (including phenoxy) is 1. The van der Waals surface area contributed by atoms with Crippen molar-refractivity contribution in [3.8, 4) is 5.75 Å². The van der Waals surface area contributed by atoms with E-state index in [0.717, 1.165) is 22.8 Å². The van der Waals surface area contributed by atoms with Crippen molar-refractivity contribution in [2.24, 2.45) is 0 Å². The molecule has 0 aliphatic rings. The Bertz CT molecular complexity index is 863. The molecule has 2 nitrogen and oxygen atoms in total. The maximum absolute atomic E-state index is 5.89. The molecule has 3 aromatic carbocycles. The number of nitrogens with zero attached hydrogens (tertiary/aromatic N) is 1. The Kier molecular flexibility index (Phi) is 5.75. The minimum atomic E-state index is 0.638. The van der Waals surface area contributed by atoms with Crippen LogP contribution in [0.25, 0.3) is 6.08 Å². The van der Waals surface area contributed by atoms with Crippen molar-refractivity contribution in [1.82, 2.24) is 0 Å². The van der Waals surface area contributed by atoms with Crippen LogP contribution in [0.4, 0.5) is 17.1 Å². The van der Waals surface area contributed by atoms with E-state index in [2.05, 4.69) is 78.6 Å². The first-order valence-corrected chi connectivity index (χ1v) is 9.04. The summed E-state index contributed by atoms with van der Waals surface area (Å²) < 4.78 is 5.89. The predicted molar refractivity (Wildman–Crippen MR) is 112 cm³/mol. The third-order valence-electron chi connectivity index (χ3n) is 4.21. The minimum Gasteiger partial charge on any atom is -0.492 e. The highest BCUT2D eigenvalue weighted by atomic mass is 16.5. The summed E-state index contributed by atoms with van der Waals surface area (Å²) in [6.07, 6.45) is 4.16. The summed E-state index contributed by atoms with van der Waals surface area (Å²) in [4.78, 5) is 2.24. The monoisotopic (exact) mass is 343 g/mol. The molecule has 0 saturated heterocycles. The lowest BCUT2D eigenvalue weighted by Gasteiger charge is -2.27. The Morgan fingerprint density at radius 1 is 0.846 bits per heavy atom. The number of aryl methyl sites for hydroxylation is 1. The van der Waals surface area contributed by atoms with Crippen molar-refractivity contribution in [2.45, 2.75) is 20.8 Å². The molecule has 0 bridgehead atoms. The third kappa shape index (κ3) is 3.97. The average molecular weight is 343 g/mol. The summed E-state index contributed by atoms with van der Waals surface area (Å²) in [5.41, 5.74) is 5.70. The van der Waals surface area contributed by atoms with Gasteiger partial charge in [0, 0.05) is 11.4 Å². The van der Waals surface area contributed by atoms with Crippen LogP contribution < -0.4 is 9.64 Å². The highest BCUT2D eigenvalue weighted by Gasteiger charge is 2.16. The summed E-state index contributed by atoms with van der Waals surface area (Å²) in [5, 5.41) is 0. The third-order valence-corrected chi connectivity index (χ3v) is 4.21. The van der Waals surface area contributed by atoms with E-state index in [0.29, 0.717) is 6.61 Å². The van der Waals surface area contributed by atoms with Crippen LogP contribution in [0.15, 0.2) is 78.9 Å². The molecule has 0 unspecified atom stereocenters. The molecule has 0 amide bonds. The Morgan fingerprint density at radius 3 is 2.08 bits per heavy atom. The van der Waals surface area contributed by atoms with Gasteiger partial charge in [-0.15, -0.1) is 0 Å². The normalized spacial score (nSPS) is 10.9. The summed E-state index contributed by atoms with van der Waals surface area (Å²) in [7, 11) is 0. The molecule has 0 atom stereocenters. The second kappa shape index (κ2) is 8.39. The van der Waals surface area contributed by atoms with E-state index in [1.54, 1.807) is 0 Å². The largest absolute Gasteiger partial charge is 0.492 e. The average Bonchev–Trinajstić information content (AvgIpc) is 2.67. The summed E-state index contributed by atoms with van der Waals surface area (Å²) in [6.45, 7) is 6.79. The second-order valence-electron chi connectivity index (χ2n) is 6.16. The van der Waals surface area contributed by atoms with Crippen LogP contribution in [-0.2, 0) is 0 Å². The van der Waals surface area contributed by atoms with E-state index < -0.39 is 0 Å². The fourth-order valence-corrected chi connectivity index (χ4v) is 2.97. The lowest BCUT2D eigenvalue weighted by atomic mass is 10.1. The Labute approximate surface area is 156 Å². The van der Waals surface area contributed by atoms with Gasteiger partial charge in [0.1, 0.15) is 5.75 Å². The van der Waals surface area contributed by atoms with Gasteiger partial charge in [-0.25, -0.2) is 0 Å². The van der Waals surface area contributed by atoms with Gasteiger partial charge in [0.15, 0.2) is 0 Å². The van der Waals surface area contributed by atoms with E-state index in [1.807, 2.05) is 32.0 Å². The van der Waals surface area contributed by atoms with E-state index in [1.165, 1.54) is 11.1 Å². The van der Waals surface area contributed by atoms with Gasteiger partial charge in [-0.2, -0.15) is 0 Å². The fourth-order valence-electron chi connectivity index (χ4n) is 2.97. The molecule has 26 heavy (non-hydrogen) atoms. The van der Waals surface area contributed by atoms with Crippen LogP contribution in [0.2, 0.25) is 0 Å². The molecule has 0 spiro atoms. The first kappa shape index (κ1) is 17.8. The van der Waals surface area contributed by atoms with Crippen LogP contribution in [0.1, 0.15) is 25.0 Å². The maximum Gasteiger partial charge on any atom is 0.143 e. The summed E-state index contributed by atoms with van der Waals surface area (Å²) in [5.74, 6) is 0.883. The van der Waals surface area contributed by atoms with Gasteiger partial charge >= 0.3 is 0 Å². The lowest BCUT2D eigenvalue weighted by molar-refractivity contribution is 0.341. The maximum atomic E-state index is 5.89. The van der Waals surface area contributed by atoms with Crippen molar-refractivity contribution >= 4 is 23.1 Å². The van der Waals surface area contributed by atoms with Crippen LogP contribution >= 0.6 is 0 Å². The van der Waals surface area contributed by atoms with Crippen LogP contribution in [-0.4, -0.2) is 6.61 Å². The van der Waals surface area contributed by atoms with Crippen molar-refractivity contribution in [2.75, 3.05) is 11.5 Å². The zero-order chi connectivity index (χ0) is 18.4. The Hall–Kier alpha value is -3.00. The molecule has 0 aromatic heterocycles. The highest BCUT2D eigenvalue weighted by molar-refractivity contribution is 5.80. The van der Waals surface area contributed by atoms with Gasteiger partial charge < -0.3 is 9.64 Å². The van der Waals surface area contributed by atoms with E-state index in [9.17, 15) is 0 Å². The molecule has 0 aliphatic carbocycles. The van der Waals surface area contributed by atoms with Gasteiger partial charge in [0.05, 0.1) is 12.3 Å². The van der Waals surface area contributed by atoms with Gasteiger partial charge in [0.25, 0.3) is 0 Å². The van der Waals surface area contributed by atoms with Crippen molar-refractivity contribution in [3.05, 3.63) is 90.0 Å². The number of para-hydroxylation sites is 2. The number of rotatable bonds is 6. The molecule has 0 heterocycles. The second-order valence-corrected chi connectivity index (χ2v) is 6.16. The molecule has 132 valence electrons. The number of hydrogen-bond acceptors (Lipinski definition) is 2. The molecule has 0 fully saturated rings. The number of anilines is 3. The molecule has 2 heteroatoms. The van der Waals surface area contributed by atoms with Crippen molar-refractivity contribution < 1.29 is 4.74 Å². The Balaban J connectivity index is 2.12. The zero-order valence-corrected chi connectivity index (χ0v) is 15.6. The van der Waals surface area contributed by atoms with E-state index >= 15 is 0 Å². The molecule has 0 radical (unpaired) electrons. The van der Waals surface area contributed by atoms with Crippen LogP contribution in [0.5, 0.6) is 5.75 Å². The number of allylic oxidation sites excluding steroid dienone is 1. The minimum absolute atomic E-state index is 0.638. The van der Waals surface area contributed by atoms with E-state index in [-0.39, 0.29) is 0 Å². The fraction of sp³-hybridized carbons (Fsp3) is 0.167. The molecule has 3 rings (SSSR count). The number of hydrogen-bond donors (Lipinski definition) is 0. The topological polar surface area (TPSA) is 12.5 Å². The number of benzene rings is 3. The van der Waals surface area contributed by atoms with Crippen LogP contribution in [0.3, 0.4) is 0 Å². The lowest BCUT2D eigenvalue weighted by Crippen LogP contribution is -2.11. The zero-order valence-electron chi connectivity index (χ0n) is 15.6. The first-order chi connectivity index (χ1) is 12.7. The van der Waals surface area contributed by atoms with Crippen molar-refractivity contribution in [1.29, 1.82) is 0 Å². The van der Waals surface area contributed by atoms with E-state index in [4.69, 9.17) is 4.74 Å². The molecular formula is C24H25NO. The molecule has 0 aliphatic heterocycles. The smallest absolute Gasteiger partial charge is 0.143 e. The SMILES string of the molecule is C/C=C/c1ccc(N(c2ccc(C)cc2)c2ccccc2OCC)cc1. The van der Waals surface area contributed by atoms with Gasteiger partial charge in [-0.05, 0) is 62.7 Å². The first-order valence-electron chi connectivity index (χ1n) is 9.04. The highest BCUT2D eigenvalue weighted by Crippen LogP contribution is 2.40. The molecule has 0 N–H and O–H groups in total. The van der Waals surface area contributed by atoms with Crippen molar-refractivity contribution in [3.63, 3.8) is 0 Å². The molecular weight excluding hydrogens is 318 g/mol. The molecule has 3 aromatic rings. The molecule has 0 saturated carbocycles. The van der Waals surface area contributed by atoms with Crippen LogP contribution in [0, 0.1) is 6.92 Å². The summed E-state index contributed by atoms with van der Waals surface area (Å²) >= 11 is 0. The Morgan fingerprint density at radius 2 is 1.46 bits per heavy atom. The van der Waals surface area contributed by atoms with Gasteiger partial charge in [-0.3, -0.25) is 0 Å². The van der Waals surface area contributed by atoms with Gasteiger partial charge in [0.2, 0.25) is 0 Å². The predicted octanol–water partition coefficient (Wildman–Crippen LogP) is 6.90.